The lowest BCUT2D eigenvalue weighted by molar-refractivity contribution is 0.519. The lowest BCUT2D eigenvalue weighted by Gasteiger charge is -2.17. The third-order valence-corrected chi connectivity index (χ3v) is 1.47. The quantitative estimate of drug-likeness (QED) is 0.424. The summed E-state index contributed by atoms with van der Waals surface area (Å²) in [5, 5.41) is 0. The number of rotatable bonds is 2. The first-order chi connectivity index (χ1) is 4.98. The van der Waals surface area contributed by atoms with Crippen LogP contribution in [0.1, 0.15) is 27.7 Å². The molecule has 0 aliphatic heterocycles. The molecule has 0 rings (SSSR count). The van der Waals surface area contributed by atoms with E-state index in [2.05, 4.69) is 32.3 Å². The van der Waals surface area contributed by atoms with E-state index in [0.29, 0.717) is 0 Å². The van der Waals surface area contributed by atoms with Crippen molar-refractivity contribution in [3.05, 3.63) is 24.4 Å². The van der Waals surface area contributed by atoms with Crippen molar-refractivity contribution in [1.29, 1.82) is 0 Å². The monoisotopic (exact) mass is 151 g/mol. The number of nitrogens with zero attached hydrogens (tertiary/aromatic N) is 1. The van der Waals surface area contributed by atoms with Gasteiger partial charge in [0.1, 0.15) is 0 Å². The van der Waals surface area contributed by atoms with Crippen molar-refractivity contribution < 1.29 is 0 Å². The van der Waals surface area contributed by atoms with Gasteiger partial charge in [-0.2, -0.15) is 0 Å². The normalized spacial score (nSPS) is 13.1. The van der Waals surface area contributed by atoms with Gasteiger partial charge < -0.3 is 0 Å². The van der Waals surface area contributed by atoms with Crippen molar-refractivity contribution >= 4 is 6.21 Å². The molecule has 0 N–H and O–H groups in total. The van der Waals surface area contributed by atoms with Gasteiger partial charge in [0.15, 0.2) is 0 Å². The maximum Gasteiger partial charge on any atom is 0.0266 e. The molecule has 0 aromatic rings. The molecule has 0 heterocycles. The van der Waals surface area contributed by atoms with Crippen LogP contribution in [0.2, 0.25) is 0 Å². The van der Waals surface area contributed by atoms with Crippen molar-refractivity contribution in [2.45, 2.75) is 27.7 Å². The van der Waals surface area contributed by atoms with Crippen molar-refractivity contribution in [2.24, 2.45) is 10.4 Å². The molecule has 0 aliphatic rings. The van der Waals surface area contributed by atoms with Crippen LogP contribution in [0.5, 0.6) is 0 Å². The molecule has 0 aromatic carbocycles. The van der Waals surface area contributed by atoms with E-state index in [0.717, 1.165) is 5.57 Å². The predicted molar refractivity (Wildman–Crippen MR) is 51.9 cm³/mol. The number of hydrogen-bond donors (Lipinski definition) is 0. The summed E-state index contributed by atoms with van der Waals surface area (Å²) in [7, 11) is 0. The Balaban J connectivity index is 4.08. The van der Waals surface area contributed by atoms with Gasteiger partial charge in [0.05, 0.1) is 0 Å². The second-order valence-electron chi connectivity index (χ2n) is 3.50. The minimum absolute atomic E-state index is 0.153. The summed E-state index contributed by atoms with van der Waals surface area (Å²) in [6, 6.07) is 0. The summed E-state index contributed by atoms with van der Waals surface area (Å²) >= 11 is 0. The highest BCUT2D eigenvalue weighted by Crippen LogP contribution is 2.23. The van der Waals surface area contributed by atoms with Crippen LogP contribution in [0, 0.1) is 5.41 Å². The second-order valence-corrected chi connectivity index (χ2v) is 3.50. The van der Waals surface area contributed by atoms with Crippen LogP contribution in [0.4, 0.5) is 0 Å². The highest BCUT2D eigenvalue weighted by Gasteiger charge is 2.11. The molecule has 0 aromatic heterocycles. The van der Waals surface area contributed by atoms with Gasteiger partial charge in [-0.25, -0.2) is 0 Å². The van der Waals surface area contributed by atoms with Gasteiger partial charge in [0.2, 0.25) is 0 Å². The molecular weight excluding hydrogens is 134 g/mol. The summed E-state index contributed by atoms with van der Waals surface area (Å²) in [6.45, 7) is 12.2. The van der Waals surface area contributed by atoms with Gasteiger partial charge in [-0.05, 0) is 24.0 Å². The molecule has 1 heteroatoms. The maximum atomic E-state index is 3.96. The zero-order chi connectivity index (χ0) is 8.91. The third kappa shape index (κ3) is 4.54. The summed E-state index contributed by atoms with van der Waals surface area (Å²) in [6.07, 6.45) is 5.47. The smallest absolute Gasteiger partial charge is 0.0266 e. The summed E-state index contributed by atoms with van der Waals surface area (Å²) in [5.41, 5.74) is 1.25. The predicted octanol–water partition coefficient (Wildman–Crippen LogP) is 3.19. The molecule has 0 spiro atoms. The largest absolute Gasteiger partial charge is 0.269 e. The topological polar surface area (TPSA) is 12.4 Å². The molecule has 0 saturated carbocycles. The van der Waals surface area contributed by atoms with Gasteiger partial charge in [-0.15, -0.1) is 0 Å². The lowest BCUT2D eigenvalue weighted by Crippen LogP contribution is -2.05. The Morgan fingerprint density at radius 2 is 1.91 bits per heavy atom. The van der Waals surface area contributed by atoms with E-state index in [4.69, 9.17) is 0 Å². The maximum absolute atomic E-state index is 3.96. The Kier molecular flexibility index (Phi) is 3.80. The van der Waals surface area contributed by atoms with Gasteiger partial charge >= 0.3 is 0 Å². The Morgan fingerprint density at radius 3 is 2.27 bits per heavy atom. The minimum Gasteiger partial charge on any atom is -0.269 e. The summed E-state index contributed by atoms with van der Waals surface area (Å²) in [5.74, 6) is 0. The fraction of sp³-hybridized carbons (Fsp3) is 0.500. The van der Waals surface area contributed by atoms with Crippen molar-refractivity contribution in [3.63, 3.8) is 0 Å². The molecule has 0 saturated heterocycles. The van der Waals surface area contributed by atoms with Crippen LogP contribution in [0.3, 0.4) is 0 Å². The minimum atomic E-state index is 0.153. The van der Waals surface area contributed by atoms with Crippen LogP contribution in [0.25, 0.3) is 0 Å². The van der Waals surface area contributed by atoms with Crippen molar-refractivity contribution in [2.75, 3.05) is 0 Å². The zero-order valence-corrected chi connectivity index (χ0v) is 7.89. The molecule has 0 atom stereocenters. The van der Waals surface area contributed by atoms with Gasteiger partial charge in [-0.3, -0.25) is 4.99 Å². The molecule has 0 unspecified atom stereocenters. The molecule has 1 nitrogen and oxygen atoms in total. The lowest BCUT2D eigenvalue weighted by atomic mass is 9.88. The average molecular weight is 151 g/mol. The molecule has 0 fully saturated rings. The van der Waals surface area contributed by atoms with Crippen molar-refractivity contribution in [3.8, 4) is 0 Å². The van der Waals surface area contributed by atoms with E-state index < -0.39 is 0 Å². The fourth-order valence-electron chi connectivity index (χ4n) is 0.469. The first kappa shape index (κ1) is 10.2. The van der Waals surface area contributed by atoms with Crippen LogP contribution >= 0.6 is 0 Å². The highest BCUT2D eigenvalue weighted by molar-refractivity contribution is 5.54. The van der Waals surface area contributed by atoms with E-state index >= 15 is 0 Å². The first-order valence-corrected chi connectivity index (χ1v) is 3.82. The molecule has 0 bridgehead atoms. The Hall–Kier alpha value is -0.850. The Labute approximate surface area is 69.5 Å². The summed E-state index contributed by atoms with van der Waals surface area (Å²) in [4.78, 5) is 3.96. The van der Waals surface area contributed by atoms with E-state index in [9.17, 15) is 0 Å². The molecule has 0 amide bonds. The molecule has 0 aliphatic carbocycles. The Morgan fingerprint density at radius 1 is 1.36 bits per heavy atom. The van der Waals surface area contributed by atoms with Gasteiger partial charge in [0, 0.05) is 12.4 Å². The number of aliphatic imine (C=N–C) groups is 1. The third-order valence-electron chi connectivity index (χ3n) is 1.47. The first-order valence-electron chi connectivity index (χ1n) is 3.82. The van der Waals surface area contributed by atoms with Crippen LogP contribution < -0.4 is 0 Å². The van der Waals surface area contributed by atoms with Crippen molar-refractivity contribution in [1.82, 2.24) is 0 Å². The Bertz CT molecular complexity index is 180. The van der Waals surface area contributed by atoms with Crippen LogP contribution in [-0.2, 0) is 0 Å². The zero-order valence-electron chi connectivity index (χ0n) is 7.89. The van der Waals surface area contributed by atoms with E-state index in [1.54, 1.807) is 12.4 Å². The van der Waals surface area contributed by atoms with Crippen LogP contribution in [0.15, 0.2) is 29.4 Å². The molecular formula is C10H17N. The standard InChI is InChI=1S/C10H17N/c1-6-11-8-7-9(2)10(3,4)5/h6-8H,2H2,1,3-5H3/b8-7-,11-6?. The van der Waals surface area contributed by atoms with E-state index in [1.165, 1.54) is 0 Å². The summed E-state index contributed by atoms with van der Waals surface area (Å²) < 4.78 is 0. The van der Waals surface area contributed by atoms with E-state index in [1.807, 2.05) is 13.0 Å². The molecule has 62 valence electrons. The molecule has 11 heavy (non-hydrogen) atoms. The number of hydrogen-bond acceptors (Lipinski definition) is 1. The second kappa shape index (κ2) is 4.12. The number of allylic oxidation sites excluding steroid dienone is 2. The fourth-order valence-corrected chi connectivity index (χ4v) is 0.469. The van der Waals surface area contributed by atoms with Gasteiger partial charge in [0.25, 0.3) is 0 Å². The van der Waals surface area contributed by atoms with Gasteiger partial charge in [-0.1, -0.05) is 27.4 Å². The molecule has 0 radical (unpaired) electrons. The van der Waals surface area contributed by atoms with E-state index in [-0.39, 0.29) is 5.41 Å². The highest BCUT2D eigenvalue weighted by atomic mass is 14.6. The average Bonchev–Trinajstić information content (AvgIpc) is 1.86. The van der Waals surface area contributed by atoms with Crippen LogP contribution in [-0.4, -0.2) is 6.21 Å². The SMILES string of the molecule is C=C(/C=C\N=CC)C(C)(C)C.